The number of nitrogens with zero attached hydrogens (tertiary/aromatic N) is 2. The molecule has 3 aromatic rings. The number of anilines is 1. The summed E-state index contributed by atoms with van der Waals surface area (Å²) < 4.78 is 81.6. The molecular formula is C18H11Cl2F6N3. The minimum absolute atomic E-state index is 0. The minimum atomic E-state index is -4.71. The molecule has 0 aliphatic rings. The van der Waals surface area contributed by atoms with Gasteiger partial charge in [-0.25, -0.2) is 23.1 Å². The standard InChI is InChI=1S/C18H10ClF6N3.ClH/c19-7-8-3-9(5-10(4-8)18(23,24)25)15-14(22)16(28-17(26)27-15)12-2-1-11(20)6-13(12)21;/h1-6H,7H2,(H2,26,27,28);1H. The van der Waals surface area contributed by atoms with Crippen molar-refractivity contribution in [2.75, 3.05) is 5.73 Å². The smallest absolute Gasteiger partial charge is 0.368 e. The van der Waals surface area contributed by atoms with E-state index in [1.54, 1.807) is 0 Å². The van der Waals surface area contributed by atoms with Crippen molar-refractivity contribution in [2.24, 2.45) is 0 Å². The van der Waals surface area contributed by atoms with Crippen LogP contribution in [0.25, 0.3) is 22.5 Å². The first-order chi connectivity index (χ1) is 13.1. The molecule has 2 N–H and O–H groups in total. The largest absolute Gasteiger partial charge is 0.416 e. The first-order valence-electron chi connectivity index (χ1n) is 7.66. The van der Waals surface area contributed by atoms with E-state index in [-0.39, 0.29) is 29.4 Å². The van der Waals surface area contributed by atoms with E-state index < -0.39 is 52.1 Å². The topological polar surface area (TPSA) is 51.8 Å². The van der Waals surface area contributed by atoms with Crippen molar-refractivity contribution in [3.8, 4) is 22.5 Å². The lowest BCUT2D eigenvalue weighted by Gasteiger charge is -2.13. The van der Waals surface area contributed by atoms with E-state index in [2.05, 4.69) is 9.97 Å². The molecule has 0 unspecified atom stereocenters. The average Bonchev–Trinajstić information content (AvgIpc) is 2.62. The van der Waals surface area contributed by atoms with Gasteiger partial charge in [-0.3, -0.25) is 0 Å². The summed E-state index contributed by atoms with van der Waals surface area (Å²) in [5.74, 6) is -3.99. The zero-order valence-electron chi connectivity index (χ0n) is 14.2. The molecule has 0 aliphatic carbocycles. The van der Waals surface area contributed by atoms with Crippen LogP contribution in [0, 0.1) is 17.5 Å². The van der Waals surface area contributed by atoms with Crippen molar-refractivity contribution in [1.82, 2.24) is 9.97 Å². The van der Waals surface area contributed by atoms with Gasteiger partial charge in [0.05, 0.1) is 5.56 Å². The summed E-state index contributed by atoms with van der Waals surface area (Å²) in [6.45, 7) is 0. The van der Waals surface area contributed by atoms with Gasteiger partial charge in [0.15, 0.2) is 5.82 Å². The summed E-state index contributed by atoms with van der Waals surface area (Å²) in [4.78, 5) is 7.27. The Morgan fingerprint density at radius 2 is 1.59 bits per heavy atom. The Kier molecular flexibility index (Phi) is 6.64. The molecule has 0 amide bonds. The van der Waals surface area contributed by atoms with Crippen LogP contribution >= 0.6 is 24.0 Å². The second-order valence-corrected chi connectivity index (χ2v) is 6.03. The molecule has 3 rings (SSSR count). The maximum atomic E-state index is 15.0. The third-order valence-corrected chi connectivity index (χ3v) is 4.11. The van der Waals surface area contributed by atoms with E-state index in [1.807, 2.05) is 0 Å². The second-order valence-electron chi connectivity index (χ2n) is 5.77. The van der Waals surface area contributed by atoms with Crippen LogP contribution in [0.2, 0.25) is 0 Å². The molecular weight excluding hydrogens is 443 g/mol. The molecule has 29 heavy (non-hydrogen) atoms. The lowest BCUT2D eigenvalue weighted by molar-refractivity contribution is -0.137. The summed E-state index contributed by atoms with van der Waals surface area (Å²) in [5.41, 5.74) is 2.69. The van der Waals surface area contributed by atoms with Crippen molar-refractivity contribution in [3.05, 3.63) is 65.0 Å². The fraction of sp³-hybridized carbons (Fsp3) is 0.111. The molecule has 0 spiro atoms. The van der Waals surface area contributed by atoms with E-state index >= 15 is 4.39 Å². The maximum absolute atomic E-state index is 15.0. The van der Waals surface area contributed by atoms with Gasteiger partial charge in [0.25, 0.3) is 0 Å². The number of rotatable bonds is 3. The highest BCUT2D eigenvalue weighted by Gasteiger charge is 2.32. The number of nitrogen functional groups attached to an aromatic ring is 1. The summed E-state index contributed by atoms with van der Waals surface area (Å²) in [5, 5.41) is 0. The molecule has 154 valence electrons. The van der Waals surface area contributed by atoms with Crippen LogP contribution in [-0.2, 0) is 12.1 Å². The number of alkyl halides is 4. The molecule has 1 aromatic heterocycles. The van der Waals surface area contributed by atoms with Crippen LogP contribution < -0.4 is 5.73 Å². The molecule has 1 heterocycles. The van der Waals surface area contributed by atoms with E-state index in [0.717, 1.165) is 18.2 Å². The molecule has 0 radical (unpaired) electrons. The molecule has 0 atom stereocenters. The molecule has 0 fully saturated rings. The Bertz CT molecular complexity index is 1060. The van der Waals surface area contributed by atoms with Crippen molar-refractivity contribution in [2.45, 2.75) is 12.1 Å². The first-order valence-corrected chi connectivity index (χ1v) is 8.19. The molecule has 11 heteroatoms. The van der Waals surface area contributed by atoms with Crippen LogP contribution in [0.4, 0.5) is 32.3 Å². The molecule has 2 aromatic carbocycles. The van der Waals surface area contributed by atoms with E-state index in [9.17, 15) is 22.0 Å². The van der Waals surface area contributed by atoms with Crippen molar-refractivity contribution in [3.63, 3.8) is 0 Å². The number of aromatic nitrogens is 2. The Morgan fingerprint density at radius 3 is 2.17 bits per heavy atom. The van der Waals surface area contributed by atoms with Crippen LogP contribution in [-0.4, -0.2) is 9.97 Å². The summed E-state index contributed by atoms with van der Waals surface area (Å²) >= 11 is 5.64. The van der Waals surface area contributed by atoms with E-state index in [0.29, 0.717) is 12.1 Å². The predicted molar refractivity (Wildman–Crippen MR) is 99.0 cm³/mol. The first kappa shape index (κ1) is 22.8. The number of halogens is 8. The van der Waals surface area contributed by atoms with Gasteiger partial charge >= 0.3 is 6.18 Å². The predicted octanol–water partition coefficient (Wildman–Crippen LogP) is 5.99. The van der Waals surface area contributed by atoms with Crippen LogP contribution in [0.3, 0.4) is 0 Å². The Morgan fingerprint density at radius 1 is 0.931 bits per heavy atom. The van der Waals surface area contributed by atoms with Gasteiger partial charge in [-0.2, -0.15) is 13.2 Å². The van der Waals surface area contributed by atoms with Crippen LogP contribution in [0.15, 0.2) is 36.4 Å². The van der Waals surface area contributed by atoms with E-state index in [4.69, 9.17) is 17.3 Å². The van der Waals surface area contributed by atoms with Crippen molar-refractivity contribution in [1.29, 1.82) is 0 Å². The van der Waals surface area contributed by atoms with Crippen molar-refractivity contribution < 1.29 is 26.3 Å². The third kappa shape index (κ3) is 4.73. The monoisotopic (exact) mass is 453 g/mol. The highest BCUT2D eigenvalue weighted by molar-refractivity contribution is 6.17. The van der Waals surface area contributed by atoms with Crippen molar-refractivity contribution >= 4 is 30.0 Å². The van der Waals surface area contributed by atoms with Crippen LogP contribution in [0.5, 0.6) is 0 Å². The fourth-order valence-corrected chi connectivity index (χ4v) is 2.74. The Labute approximate surface area is 172 Å². The molecule has 3 nitrogen and oxygen atoms in total. The maximum Gasteiger partial charge on any atom is 0.416 e. The summed E-state index contributed by atoms with van der Waals surface area (Å²) in [6.07, 6.45) is -4.71. The lowest BCUT2D eigenvalue weighted by atomic mass is 10.0. The minimum Gasteiger partial charge on any atom is -0.368 e. The number of hydrogen-bond donors (Lipinski definition) is 1. The fourth-order valence-electron chi connectivity index (χ4n) is 2.59. The van der Waals surface area contributed by atoms with E-state index in [1.165, 1.54) is 6.07 Å². The zero-order chi connectivity index (χ0) is 20.6. The average molecular weight is 454 g/mol. The number of hydrogen-bond acceptors (Lipinski definition) is 3. The quantitative estimate of drug-likeness (QED) is 0.391. The SMILES string of the molecule is Cl.Nc1nc(-c2cc(CCl)cc(C(F)(F)F)c2)c(F)c(-c2ccc(F)cc2F)n1. The Balaban J connectivity index is 0.00000300. The van der Waals surface area contributed by atoms with Gasteiger partial charge in [0.1, 0.15) is 23.0 Å². The van der Waals surface area contributed by atoms with Gasteiger partial charge in [-0.15, -0.1) is 24.0 Å². The van der Waals surface area contributed by atoms with Gasteiger partial charge in [-0.05, 0) is 35.9 Å². The summed E-state index contributed by atoms with van der Waals surface area (Å²) in [6, 6.07) is 5.03. The summed E-state index contributed by atoms with van der Waals surface area (Å²) in [7, 11) is 0. The van der Waals surface area contributed by atoms with Gasteiger partial charge in [-0.1, -0.05) is 0 Å². The molecule has 0 saturated carbocycles. The second kappa shape index (κ2) is 8.46. The van der Waals surface area contributed by atoms with Crippen LogP contribution in [0.1, 0.15) is 11.1 Å². The van der Waals surface area contributed by atoms with Gasteiger partial charge < -0.3 is 5.73 Å². The number of benzene rings is 2. The highest BCUT2D eigenvalue weighted by Crippen LogP contribution is 2.36. The highest BCUT2D eigenvalue weighted by atomic mass is 35.5. The lowest BCUT2D eigenvalue weighted by Crippen LogP contribution is -2.08. The van der Waals surface area contributed by atoms with Gasteiger partial charge in [0.2, 0.25) is 5.95 Å². The zero-order valence-corrected chi connectivity index (χ0v) is 15.8. The number of nitrogens with two attached hydrogens (primary N) is 1. The molecule has 0 aliphatic heterocycles. The molecule has 0 saturated heterocycles. The van der Waals surface area contributed by atoms with Gasteiger partial charge in [0, 0.05) is 23.1 Å². The normalized spacial score (nSPS) is 11.3. The molecule has 0 bridgehead atoms. The Hall–Kier alpha value is -2.52. The third-order valence-electron chi connectivity index (χ3n) is 3.80.